The Labute approximate surface area is 240 Å². The Kier molecular flexibility index (Phi) is 10.6. The fraction of sp³-hybridized carbons (Fsp3) is 0.636. The summed E-state index contributed by atoms with van der Waals surface area (Å²) in [5, 5.41) is 0. The molecule has 220 valence electrons. The van der Waals surface area contributed by atoms with Crippen LogP contribution in [0.15, 0.2) is 42.5 Å². The molecule has 0 aromatic heterocycles. The van der Waals surface area contributed by atoms with E-state index in [4.69, 9.17) is 23.7 Å². The molecule has 0 radical (unpaired) electrons. The van der Waals surface area contributed by atoms with Gasteiger partial charge in [0.1, 0.15) is 18.1 Å². The highest BCUT2D eigenvalue weighted by Gasteiger charge is 2.34. The number of benzene rings is 2. The molecule has 2 aromatic rings. The first-order valence-corrected chi connectivity index (χ1v) is 15.2. The van der Waals surface area contributed by atoms with Crippen LogP contribution in [-0.4, -0.2) is 83.9 Å². The van der Waals surface area contributed by atoms with E-state index in [1.807, 2.05) is 0 Å². The number of fused-ring (bicyclic) bond motifs is 1. The third-order valence-corrected chi connectivity index (χ3v) is 9.01. The average Bonchev–Trinajstić information content (AvgIpc) is 3.01. The number of hydrogen-bond donors (Lipinski definition) is 0. The Morgan fingerprint density at radius 1 is 0.975 bits per heavy atom. The van der Waals surface area contributed by atoms with E-state index in [0.29, 0.717) is 24.5 Å². The summed E-state index contributed by atoms with van der Waals surface area (Å²) in [4.78, 5) is 5.02. The molecule has 0 N–H and O–H groups in total. The fourth-order valence-corrected chi connectivity index (χ4v) is 6.74. The molecule has 0 spiro atoms. The topological polar surface area (TPSA) is 52.6 Å². The lowest BCUT2D eigenvalue weighted by atomic mass is 9.74. The van der Waals surface area contributed by atoms with Gasteiger partial charge in [-0.2, -0.15) is 0 Å². The first-order valence-electron chi connectivity index (χ1n) is 15.2. The molecule has 0 amide bonds. The first-order chi connectivity index (χ1) is 19.6. The second-order valence-corrected chi connectivity index (χ2v) is 11.6. The number of hydrogen-bond acceptors (Lipinski definition) is 7. The van der Waals surface area contributed by atoms with Gasteiger partial charge in [0.05, 0.1) is 45.3 Å². The highest BCUT2D eigenvalue weighted by molar-refractivity contribution is 5.61. The monoisotopic (exact) mass is 552 g/mol. The summed E-state index contributed by atoms with van der Waals surface area (Å²) in [6.07, 6.45) is 5.92. The van der Waals surface area contributed by atoms with Gasteiger partial charge in [-0.05, 0) is 80.3 Å². The fourth-order valence-electron chi connectivity index (χ4n) is 6.74. The van der Waals surface area contributed by atoms with Gasteiger partial charge in [0.25, 0.3) is 0 Å². The molecule has 5 rings (SSSR count). The Balaban J connectivity index is 1.25. The van der Waals surface area contributed by atoms with Crippen molar-refractivity contribution in [3.05, 3.63) is 53.6 Å². The molecule has 1 saturated carbocycles. The molecule has 7 heteroatoms. The van der Waals surface area contributed by atoms with Crippen molar-refractivity contribution in [1.82, 2.24) is 4.90 Å². The predicted molar refractivity (Wildman–Crippen MR) is 159 cm³/mol. The van der Waals surface area contributed by atoms with Gasteiger partial charge in [0, 0.05) is 45.3 Å². The van der Waals surface area contributed by atoms with Gasteiger partial charge >= 0.3 is 0 Å². The smallest absolute Gasteiger partial charge is 0.142 e. The minimum Gasteiger partial charge on any atom is -0.497 e. The molecule has 2 aliphatic heterocycles. The molecule has 40 heavy (non-hydrogen) atoms. The van der Waals surface area contributed by atoms with Crippen molar-refractivity contribution in [2.75, 3.05) is 71.7 Å². The number of nitrogens with zero attached hydrogens (tertiary/aromatic N) is 2. The largest absolute Gasteiger partial charge is 0.497 e. The van der Waals surface area contributed by atoms with E-state index in [0.717, 1.165) is 83.4 Å². The maximum Gasteiger partial charge on any atom is 0.142 e. The molecule has 2 fully saturated rings. The van der Waals surface area contributed by atoms with Crippen LogP contribution in [-0.2, 0) is 20.8 Å². The zero-order valence-corrected chi connectivity index (χ0v) is 24.7. The van der Waals surface area contributed by atoms with E-state index in [1.54, 1.807) is 14.2 Å². The van der Waals surface area contributed by atoms with Gasteiger partial charge in [-0.1, -0.05) is 18.2 Å². The first kappa shape index (κ1) is 29.2. The molecule has 7 nitrogen and oxygen atoms in total. The number of anilines is 1. The number of ether oxygens (including phenoxy) is 5. The van der Waals surface area contributed by atoms with Gasteiger partial charge in [-0.25, -0.2) is 0 Å². The third kappa shape index (κ3) is 7.49. The lowest BCUT2D eigenvalue weighted by molar-refractivity contribution is -0.0170. The van der Waals surface area contributed by atoms with Gasteiger partial charge in [0.2, 0.25) is 0 Å². The van der Waals surface area contributed by atoms with Crippen LogP contribution in [0.5, 0.6) is 11.5 Å². The van der Waals surface area contributed by atoms with Gasteiger partial charge in [-0.15, -0.1) is 0 Å². The molecular weight excluding hydrogens is 504 g/mol. The quantitative estimate of drug-likeness (QED) is 0.322. The summed E-state index contributed by atoms with van der Waals surface area (Å²) in [5.41, 5.74) is 3.74. The molecule has 0 bridgehead atoms. The average molecular weight is 553 g/mol. The number of rotatable bonds is 12. The van der Waals surface area contributed by atoms with E-state index in [2.05, 4.69) is 59.2 Å². The Hall–Kier alpha value is -2.32. The lowest BCUT2D eigenvalue weighted by Crippen LogP contribution is -2.43. The van der Waals surface area contributed by atoms with E-state index in [-0.39, 0.29) is 6.10 Å². The van der Waals surface area contributed by atoms with Crippen molar-refractivity contribution in [3.8, 4) is 11.5 Å². The van der Waals surface area contributed by atoms with Crippen LogP contribution in [0.25, 0.3) is 0 Å². The van der Waals surface area contributed by atoms with Crippen LogP contribution in [0.1, 0.15) is 56.1 Å². The number of methoxy groups -OCH3 is 2. The highest BCUT2D eigenvalue weighted by Crippen LogP contribution is 2.41. The minimum atomic E-state index is 0.202. The van der Waals surface area contributed by atoms with Crippen LogP contribution >= 0.6 is 0 Å². The minimum absolute atomic E-state index is 0.202. The lowest BCUT2D eigenvalue weighted by Gasteiger charge is -2.40. The molecule has 3 aliphatic rings. The van der Waals surface area contributed by atoms with Crippen LogP contribution in [0.2, 0.25) is 0 Å². The predicted octanol–water partition coefficient (Wildman–Crippen LogP) is 5.51. The molecule has 2 heterocycles. The van der Waals surface area contributed by atoms with Crippen molar-refractivity contribution in [2.24, 2.45) is 5.92 Å². The van der Waals surface area contributed by atoms with Crippen LogP contribution in [0.4, 0.5) is 5.69 Å². The van der Waals surface area contributed by atoms with E-state index in [1.165, 1.54) is 29.7 Å². The van der Waals surface area contributed by atoms with Gasteiger partial charge in [0.15, 0.2) is 0 Å². The van der Waals surface area contributed by atoms with Gasteiger partial charge < -0.3 is 28.6 Å². The molecule has 2 aromatic carbocycles. The molecule has 1 saturated heterocycles. The van der Waals surface area contributed by atoms with E-state index in [9.17, 15) is 0 Å². The molecular formula is C33H48N2O5. The van der Waals surface area contributed by atoms with Crippen LogP contribution in [0.3, 0.4) is 0 Å². The highest BCUT2D eigenvalue weighted by atomic mass is 16.5. The summed E-state index contributed by atoms with van der Waals surface area (Å²) in [7, 11) is 3.49. The second kappa shape index (κ2) is 14.5. The normalized spacial score (nSPS) is 24.3. The summed E-state index contributed by atoms with van der Waals surface area (Å²) in [6, 6.07) is 15.8. The molecule has 4 atom stereocenters. The van der Waals surface area contributed by atoms with Crippen molar-refractivity contribution in [1.29, 1.82) is 0 Å². The maximum atomic E-state index is 6.75. The second-order valence-electron chi connectivity index (χ2n) is 11.6. The van der Waals surface area contributed by atoms with Crippen molar-refractivity contribution >= 4 is 5.69 Å². The summed E-state index contributed by atoms with van der Waals surface area (Å²) >= 11 is 0. The molecule has 1 aliphatic carbocycles. The standard InChI is InChI=1S/C33H48N2O5/c1-25(34-14-18-38-19-15-34)21-26-5-11-32(30(22-26)28-7-9-29(37-3)10-8-28)40-24-27-6-12-33-31(23-27)35(16-20-39-33)13-4-17-36-2/h6-10,12,23,25-26,30,32H,4-5,11,13-22,24H2,1-3H3/t25?,26-,30+,32-/m0/s1. The van der Waals surface area contributed by atoms with Crippen molar-refractivity contribution in [2.45, 2.75) is 63.7 Å². The zero-order chi connectivity index (χ0) is 27.7. The van der Waals surface area contributed by atoms with Gasteiger partial charge in [-0.3, -0.25) is 4.90 Å². The SMILES string of the molecule is COCCCN1CCOc2ccc(CO[C@H]3CC[C@@H](CC(C)N4CCOCC4)C[C@@H]3c3ccc(OC)cc3)cc21. The Bertz CT molecular complexity index is 1040. The zero-order valence-electron chi connectivity index (χ0n) is 24.7. The summed E-state index contributed by atoms with van der Waals surface area (Å²) < 4.78 is 29.0. The van der Waals surface area contributed by atoms with Crippen LogP contribution in [0, 0.1) is 5.92 Å². The summed E-state index contributed by atoms with van der Waals surface area (Å²) in [5.74, 6) is 2.96. The maximum absolute atomic E-state index is 6.75. The molecule has 1 unspecified atom stereocenters. The Morgan fingerprint density at radius 2 is 1.80 bits per heavy atom. The third-order valence-electron chi connectivity index (χ3n) is 9.01. The number of morpholine rings is 1. The Morgan fingerprint density at radius 3 is 2.58 bits per heavy atom. The van der Waals surface area contributed by atoms with Crippen LogP contribution < -0.4 is 14.4 Å². The summed E-state index contributed by atoms with van der Waals surface area (Å²) in [6.45, 7) is 10.2. The van der Waals surface area contributed by atoms with Crippen molar-refractivity contribution < 1.29 is 23.7 Å². The van der Waals surface area contributed by atoms with E-state index >= 15 is 0 Å². The van der Waals surface area contributed by atoms with Crippen molar-refractivity contribution in [3.63, 3.8) is 0 Å². The van der Waals surface area contributed by atoms with E-state index < -0.39 is 0 Å².